The van der Waals surface area contributed by atoms with Crippen molar-refractivity contribution in [3.63, 3.8) is 0 Å². The molecule has 84 valence electrons. The minimum atomic E-state index is -0.109. The van der Waals surface area contributed by atoms with Crippen LogP contribution in [0.5, 0.6) is 0 Å². The van der Waals surface area contributed by atoms with Gasteiger partial charge in [0.15, 0.2) is 0 Å². The molecular weight excluding hydrogens is 196 g/mol. The standard InChI is InChI=1S/C15H18O/c16-14(12-8-9-12)15(10-4-5-11-15)13-6-2-1-3-7-13/h1-3,6-7,12H,4-5,8-11H2. The molecule has 2 fully saturated rings. The Labute approximate surface area is 96.9 Å². The quantitative estimate of drug-likeness (QED) is 0.753. The molecule has 16 heavy (non-hydrogen) atoms. The topological polar surface area (TPSA) is 17.1 Å². The van der Waals surface area contributed by atoms with Crippen LogP contribution in [0, 0.1) is 5.92 Å². The van der Waals surface area contributed by atoms with Crippen LogP contribution in [0.3, 0.4) is 0 Å². The lowest BCUT2D eigenvalue weighted by Gasteiger charge is -2.28. The summed E-state index contributed by atoms with van der Waals surface area (Å²) in [5.74, 6) is 0.925. The molecule has 1 heteroatoms. The van der Waals surface area contributed by atoms with Gasteiger partial charge in [-0.1, -0.05) is 43.2 Å². The maximum absolute atomic E-state index is 12.5. The molecule has 0 radical (unpaired) electrons. The second-order valence-electron chi connectivity index (χ2n) is 5.29. The van der Waals surface area contributed by atoms with E-state index < -0.39 is 0 Å². The first-order chi connectivity index (χ1) is 7.83. The number of ketones is 1. The van der Waals surface area contributed by atoms with Crippen molar-refractivity contribution in [2.75, 3.05) is 0 Å². The van der Waals surface area contributed by atoms with Gasteiger partial charge in [0.05, 0.1) is 5.41 Å². The largest absolute Gasteiger partial charge is 0.298 e. The van der Waals surface area contributed by atoms with Gasteiger partial charge in [-0.2, -0.15) is 0 Å². The van der Waals surface area contributed by atoms with Gasteiger partial charge in [0.25, 0.3) is 0 Å². The van der Waals surface area contributed by atoms with Crippen LogP contribution in [0.2, 0.25) is 0 Å². The Bertz CT molecular complexity index is 383. The SMILES string of the molecule is O=C(C1CC1)C1(c2ccccc2)CCCC1. The molecule has 0 aromatic heterocycles. The van der Waals surface area contributed by atoms with E-state index in [9.17, 15) is 4.79 Å². The lowest BCUT2D eigenvalue weighted by Crippen LogP contribution is -2.34. The monoisotopic (exact) mass is 214 g/mol. The first-order valence-electron chi connectivity index (χ1n) is 6.43. The average molecular weight is 214 g/mol. The number of carbonyl (C=O) groups is 1. The molecule has 0 N–H and O–H groups in total. The first kappa shape index (κ1) is 10.1. The van der Waals surface area contributed by atoms with Crippen LogP contribution in [0.4, 0.5) is 0 Å². The van der Waals surface area contributed by atoms with Crippen molar-refractivity contribution < 1.29 is 4.79 Å². The summed E-state index contributed by atoms with van der Waals surface area (Å²) in [5, 5.41) is 0. The van der Waals surface area contributed by atoms with Gasteiger partial charge in [-0.25, -0.2) is 0 Å². The van der Waals surface area contributed by atoms with E-state index in [4.69, 9.17) is 0 Å². The van der Waals surface area contributed by atoms with Crippen LogP contribution < -0.4 is 0 Å². The van der Waals surface area contributed by atoms with Gasteiger partial charge in [-0.05, 0) is 31.2 Å². The van der Waals surface area contributed by atoms with E-state index in [1.165, 1.54) is 18.4 Å². The minimum Gasteiger partial charge on any atom is -0.298 e. The van der Waals surface area contributed by atoms with Crippen LogP contribution >= 0.6 is 0 Å². The summed E-state index contributed by atoms with van der Waals surface area (Å²) in [6.07, 6.45) is 6.85. The second kappa shape index (κ2) is 3.73. The number of hydrogen-bond donors (Lipinski definition) is 0. The summed E-state index contributed by atoms with van der Waals surface area (Å²) in [6, 6.07) is 10.5. The lowest BCUT2D eigenvalue weighted by atomic mass is 9.74. The molecule has 0 saturated heterocycles. The first-order valence-corrected chi connectivity index (χ1v) is 6.43. The number of rotatable bonds is 3. The van der Waals surface area contributed by atoms with E-state index in [2.05, 4.69) is 24.3 Å². The zero-order valence-electron chi connectivity index (χ0n) is 9.61. The summed E-state index contributed by atoms with van der Waals surface area (Å²) in [4.78, 5) is 12.5. The molecule has 0 heterocycles. The van der Waals surface area contributed by atoms with Gasteiger partial charge in [0.1, 0.15) is 5.78 Å². The molecule has 3 rings (SSSR count). The highest BCUT2D eigenvalue weighted by atomic mass is 16.1. The summed E-state index contributed by atoms with van der Waals surface area (Å²) < 4.78 is 0. The van der Waals surface area contributed by atoms with Gasteiger partial charge in [0.2, 0.25) is 0 Å². The number of benzene rings is 1. The van der Waals surface area contributed by atoms with Crippen LogP contribution in [0.15, 0.2) is 30.3 Å². The Morgan fingerprint density at radius 3 is 2.25 bits per heavy atom. The molecule has 1 aromatic rings. The van der Waals surface area contributed by atoms with Gasteiger partial charge in [0, 0.05) is 5.92 Å². The maximum atomic E-state index is 12.5. The number of hydrogen-bond acceptors (Lipinski definition) is 1. The molecule has 1 nitrogen and oxygen atoms in total. The Balaban J connectivity index is 1.99. The number of carbonyl (C=O) groups excluding carboxylic acids is 1. The van der Waals surface area contributed by atoms with Crippen molar-refractivity contribution in [1.82, 2.24) is 0 Å². The summed E-state index contributed by atoms with van der Waals surface area (Å²) in [7, 11) is 0. The molecule has 0 atom stereocenters. The van der Waals surface area contributed by atoms with Crippen molar-refractivity contribution in [3.05, 3.63) is 35.9 Å². The van der Waals surface area contributed by atoms with Crippen molar-refractivity contribution in [1.29, 1.82) is 0 Å². The van der Waals surface area contributed by atoms with E-state index in [0.717, 1.165) is 25.7 Å². The Kier molecular flexibility index (Phi) is 2.34. The Morgan fingerprint density at radius 2 is 1.69 bits per heavy atom. The molecule has 2 aliphatic rings. The fourth-order valence-electron chi connectivity index (χ4n) is 3.15. The summed E-state index contributed by atoms with van der Waals surface area (Å²) in [6.45, 7) is 0. The average Bonchev–Trinajstić information content (AvgIpc) is 3.07. The summed E-state index contributed by atoms with van der Waals surface area (Å²) in [5.41, 5.74) is 1.16. The van der Waals surface area contributed by atoms with Crippen molar-refractivity contribution >= 4 is 5.78 Å². The highest BCUT2D eigenvalue weighted by Crippen LogP contribution is 2.47. The van der Waals surface area contributed by atoms with Gasteiger partial charge in [-0.15, -0.1) is 0 Å². The third-order valence-electron chi connectivity index (χ3n) is 4.20. The lowest BCUT2D eigenvalue weighted by molar-refractivity contribution is -0.125. The minimum absolute atomic E-state index is 0.109. The van der Waals surface area contributed by atoms with Gasteiger partial charge >= 0.3 is 0 Å². The Hall–Kier alpha value is -1.11. The van der Waals surface area contributed by atoms with E-state index >= 15 is 0 Å². The van der Waals surface area contributed by atoms with Crippen molar-refractivity contribution in [2.45, 2.75) is 43.9 Å². The van der Waals surface area contributed by atoms with E-state index in [-0.39, 0.29) is 5.41 Å². The molecule has 2 saturated carbocycles. The van der Waals surface area contributed by atoms with Crippen LogP contribution in [-0.2, 0) is 10.2 Å². The highest BCUT2D eigenvalue weighted by molar-refractivity contribution is 5.94. The van der Waals surface area contributed by atoms with Gasteiger partial charge < -0.3 is 0 Å². The third kappa shape index (κ3) is 1.50. The molecule has 2 aliphatic carbocycles. The second-order valence-corrected chi connectivity index (χ2v) is 5.29. The molecule has 0 bridgehead atoms. The number of Topliss-reactive ketones (excluding diaryl/α,β-unsaturated/α-hetero) is 1. The molecular formula is C15H18O. The van der Waals surface area contributed by atoms with Crippen LogP contribution in [0.1, 0.15) is 44.1 Å². The Morgan fingerprint density at radius 1 is 1.06 bits per heavy atom. The molecule has 0 aliphatic heterocycles. The van der Waals surface area contributed by atoms with E-state index in [1.54, 1.807) is 0 Å². The fraction of sp³-hybridized carbons (Fsp3) is 0.533. The molecule has 0 spiro atoms. The fourth-order valence-corrected chi connectivity index (χ4v) is 3.15. The van der Waals surface area contributed by atoms with Crippen molar-refractivity contribution in [2.24, 2.45) is 5.92 Å². The van der Waals surface area contributed by atoms with E-state index in [0.29, 0.717) is 11.7 Å². The molecule has 0 unspecified atom stereocenters. The zero-order chi connectivity index (χ0) is 11.0. The van der Waals surface area contributed by atoms with Crippen LogP contribution in [0.25, 0.3) is 0 Å². The summed E-state index contributed by atoms with van der Waals surface area (Å²) >= 11 is 0. The third-order valence-corrected chi connectivity index (χ3v) is 4.20. The normalized spacial score (nSPS) is 23.2. The van der Waals surface area contributed by atoms with Crippen LogP contribution in [-0.4, -0.2) is 5.78 Å². The smallest absolute Gasteiger partial charge is 0.146 e. The molecule has 0 amide bonds. The van der Waals surface area contributed by atoms with E-state index in [1.807, 2.05) is 6.07 Å². The zero-order valence-corrected chi connectivity index (χ0v) is 9.61. The molecule has 1 aromatic carbocycles. The van der Waals surface area contributed by atoms with Gasteiger partial charge in [-0.3, -0.25) is 4.79 Å². The predicted octanol–water partition coefficient (Wildman–Crippen LogP) is 3.48. The van der Waals surface area contributed by atoms with Crippen molar-refractivity contribution in [3.8, 4) is 0 Å². The highest BCUT2D eigenvalue weighted by Gasteiger charge is 2.47. The maximum Gasteiger partial charge on any atom is 0.146 e. The predicted molar refractivity (Wildman–Crippen MR) is 64.3 cm³/mol.